The van der Waals surface area contributed by atoms with E-state index in [1.54, 1.807) is 7.05 Å². The largest absolute Gasteiger partial charge is 0.358 e. The van der Waals surface area contributed by atoms with Crippen molar-refractivity contribution in [2.45, 2.75) is 54.4 Å². The molecular formula is C23H41N3O. The van der Waals surface area contributed by atoms with Crippen LogP contribution in [0, 0.1) is 0 Å². The molecule has 27 heavy (non-hydrogen) atoms. The Labute approximate surface area is 168 Å². The molecular weight excluding hydrogens is 334 g/mol. The van der Waals surface area contributed by atoms with Crippen molar-refractivity contribution < 1.29 is 4.79 Å². The lowest BCUT2D eigenvalue weighted by Crippen LogP contribution is -2.29. The summed E-state index contributed by atoms with van der Waals surface area (Å²) < 4.78 is 0. The normalized spacial score (nSPS) is 9.22. The molecule has 0 aliphatic rings. The van der Waals surface area contributed by atoms with Crippen molar-refractivity contribution >= 4 is 11.6 Å². The quantitative estimate of drug-likeness (QED) is 0.507. The average molecular weight is 376 g/mol. The summed E-state index contributed by atoms with van der Waals surface area (Å²) in [4.78, 5) is 17.6. The predicted octanol–water partition coefficient (Wildman–Crippen LogP) is 5.47. The minimum absolute atomic E-state index is 0.134. The minimum Gasteiger partial charge on any atom is -0.358 e. The first kappa shape index (κ1) is 29.4. The van der Waals surface area contributed by atoms with Crippen molar-refractivity contribution in [2.75, 3.05) is 20.1 Å². The number of carbonyl (C=O) groups is 1. The Morgan fingerprint density at radius 3 is 1.81 bits per heavy atom. The molecule has 0 fully saturated rings. The Hall–Kier alpha value is -2.36. The smallest absolute Gasteiger partial charge is 0.265 e. The minimum atomic E-state index is -0.134. The summed E-state index contributed by atoms with van der Waals surface area (Å²) in [5.41, 5.74) is 1.93. The summed E-state index contributed by atoms with van der Waals surface area (Å²) >= 11 is 0. The summed E-state index contributed by atoms with van der Waals surface area (Å²) in [6, 6.07) is 10.5. The molecule has 0 atom stereocenters. The molecule has 1 N–H and O–H groups in total. The first-order valence-electron chi connectivity index (χ1n) is 9.81. The van der Waals surface area contributed by atoms with Gasteiger partial charge in [0.25, 0.3) is 5.91 Å². The number of rotatable bonds is 7. The molecule has 0 aliphatic carbocycles. The molecule has 0 saturated heterocycles. The van der Waals surface area contributed by atoms with E-state index in [0.717, 1.165) is 19.5 Å². The highest BCUT2D eigenvalue weighted by Crippen LogP contribution is 2.04. The van der Waals surface area contributed by atoms with Crippen LogP contribution in [0.5, 0.6) is 0 Å². The van der Waals surface area contributed by atoms with Crippen molar-refractivity contribution in [3.63, 3.8) is 0 Å². The van der Waals surface area contributed by atoms with E-state index in [0.29, 0.717) is 18.0 Å². The topological polar surface area (TPSA) is 44.7 Å². The van der Waals surface area contributed by atoms with Gasteiger partial charge in [-0.25, -0.2) is 4.99 Å². The lowest BCUT2D eigenvalue weighted by molar-refractivity contribution is -0.114. The first-order chi connectivity index (χ1) is 13.0. The van der Waals surface area contributed by atoms with Crippen molar-refractivity contribution in [3.05, 3.63) is 61.5 Å². The molecule has 1 amide bonds. The van der Waals surface area contributed by atoms with Crippen LogP contribution >= 0.6 is 0 Å². The highest BCUT2D eigenvalue weighted by Gasteiger charge is 2.09. The molecule has 0 radical (unpaired) electrons. The lowest BCUT2D eigenvalue weighted by Gasteiger charge is -2.20. The van der Waals surface area contributed by atoms with Gasteiger partial charge >= 0.3 is 0 Å². The zero-order valence-corrected chi connectivity index (χ0v) is 18.6. The molecule has 4 nitrogen and oxygen atoms in total. The number of aliphatic imine (C=N–C) groups is 1. The van der Waals surface area contributed by atoms with Gasteiger partial charge in [0, 0.05) is 20.1 Å². The average Bonchev–Trinajstić information content (AvgIpc) is 2.76. The van der Waals surface area contributed by atoms with E-state index in [-0.39, 0.29) is 5.91 Å². The molecule has 0 heterocycles. The number of nitrogens with zero attached hydrogens (tertiary/aromatic N) is 2. The van der Waals surface area contributed by atoms with Gasteiger partial charge in [0.2, 0.25) is 0 Å². The van der Waals surface area contributed by atoms with Crippen LogP contribution in [0.25, 0.3) is 0 Å². The van der Waals surface area contributed by atoms with Crippen molar-refractivity contribution in [1.29, 1.82) is 0 Å². The lowest BCUT2D eigenvalue weighted by atomic mass is 10.2. The Morgan fingerprint density at radius 1 is 1.04 bits per heavy atom. The third-order valence-electron chi connectivity index (χ3n) is 3.47. The fourth-order valence-corrected chi connectivity index (χ4v) is 1.96. The van der Waals surface area contributed by atoms with Crippen LogP contribution < -0.4 is 5.32 Å². The summed E-state index contributed by atoms with van der Waals surface area (Å²) in [5, 5.41) is 2.57. The predicted molar refractivity (Wildman–Crippen MR) is 122 cm³/mol. The maximum absolute atomic E-state index is 11.4. The van der Waals surface area contributed by atoms with Crippen LogP contribution in [0.15, 0.2) is 60.9 Å². The SMILES string of the molecule is C=C.C=C(/N=C(\CC)C(=O)NC)N(CC)CC.CC.CCc1ccccc1. The zero-order chi connectivity index (χ0) is 21.7. The number of benzene rings is 1. The van der Waals surface area contributed by atoms with Gasteiger partial charge in [-0.3, -0.25) is 4.79 Å². The number of amides is 1. The van der Waals surface area contributed by atoms with Gasteiger partial charge in [0.1, 0.15) is 11.5 Å². The van der Waals surface area contributed by atoms with Gasteiger partial charge in [-0.15, -0.1) is 13.2 Å². The Morgan fingerprint density at radius 2 is 1.52 bits per heavy atom. The van der Waals surface area contributed by atoms with Crippen LogP contribution in [-0.2, 0) is 11.2 Å². The molecule has 0 saturated carbocycles. The summed E-state index contributed by atoms with van der Waals surface area (Å²) in [7, 11) is 1.60. The van der Waals surface area contributed by atoms with E-state index in [9.17, 15) is 4.79 Å². The second-order valence-electron chi connectivity index (χ2n) is 4.92. The monoisotopic (exact) mass is 375 g/mol. The number of hydrogen-bond donors (Lipinski definition) is 1. The molecule has 0 aliphatic heterocycles. The van der Waals surface area contributed by atoms with Gasteiger partial charge < -0.3 is 10.2 Å². The van der Waals surface area contributed by atoms with Crippen LogP contribution in [0.2, 0.25) is 0 Å². The van der Waals surface area contributed by atoms with Gasteiger partial charge in [-0.1, -0.05) is 64.6 Å². The molecule has 0 bridgehead atoms. The van der Waals surface area contributed by atoms with Crippen LogP contribution in [0.1, 0.15) is 53.5 Å². The molecule has 0 unspecified atom stereocenters. The number of aryl methyl sites for hydroxylation is 1. The number of carbonyl (C=O) groups excluding carboxylic acids is 1. The van der Waals surface area contributed by atoms with Crippen LogP contribution in [0.3, 0.4) is 0 Å². The highest BCUT2D eigenvalue weighted by atomic mass is 16.1. The Kier molecular flexibility index (Phi) is 23.6. The van der Waals surface area contributed by atoms with Gasteiger partial charge in [0.05, 0.1) is 0 Å². The van der Waals surface area contributed by atoms with E-state index in [4.69, 9.17) is 0 Å². The van der Waals surface area contributed by atoms with E-state index in [1.807, 2.05) is 45.6 Å². The second-order valence-corrected chi connectivity index (χ2v) is 4.92. The van der Waals surface area contributed by atoms with E-state index in [1.165, 1.54) is 5.56 Å². The number of hydrogen-bond acceptors (Lipinski definition) is 3. The fraction of sp³-hybridized carbons (Fsp3) is 0.478. The van der Waals surface area contributed by atoms with Gasteiger partial charge in [0.15, 0.2) is 0 Å². The molecule has 1 rings (SSSR count). The Bertz CT molecular complexity index is 506. The highest BCUT2D eigenvalue weighted by molar-refractivity contribution is 6.38. The number of nitrogens with one attached hydrogen (secondary N) is 1. The van der Waals surface area contributed by atoms with E-state index >= 15 is 0 Å². The Balaban J connectivity index is -0.000000400. The van der Waals surface area contributed by atoms with Gasteiger partial charge in [-0.2, -0.15) is 0 Å². The first-order valence-corrected chi connectivity index (χ1v) is 9.81. The molecule has 0 spiro atoms. The van der Waals surface area contributed by atoms with Crippen molar-refractivity contribution in [2.24, 2.45) is 4.99 Å². The van der Waals surface area contributed by atoms with Crippen LogP contribution in [0.4, 0.5) is 0 Å². The molecule has 1 aromatic rings. The summed E-state index contributed by atoms with van der Waals surface area (Å²) in [6.45, 7) is 23.7. The molecule has 4 heteroatoms. The molecule has 0 aromatic heterocycles. The van der Waals surface area contributed by atoms with Crippen LogP contribution in [-0.4, -0.2) is 36.7 Å². The maximum atomic E-state index is 11.4. The van der Waals surface area contributed by atoms with Crippen molar-refractivity contribution in [3.8, 4) is 0 Å². The molecule has 154 valence electrons. The third kappa shape index (κ3) is 14.5. The second kappa shape index (κ2) is 21.7. The van der Waals surface area contributed by atoms with Gasteiger partial charge in [-0.05, 0) is 32.3 Å². The third-order valence-corrected chi connectivity index (χ3v) is 3.47. The standard InChI is InChI=1S/C11H21N3O.C8H10.C2H6.C2H4/c1-6-10(11(15)12-5)13-9(4)14(7-2)8-3;1-2-8-6-4-3-5-7-8;2*1-2/h4,6-8H2,1-3,5H3,(H,12,15);3-7H,2H2,1H3;1-2H3;1-2H2/b13-10+;;;. The van der Waals surface area contributed by atoms with E-state index in [2.05, 4.69) is 61.2 Å². The molecule has 1 aromatic carbocycles. The maximum Gasteiger partial charge on any atom is 0.265 e. The fourth-order valence-electron chi connectivity index (χ4n) is 1.96. The van der Waals surface area contributed by atoms with E-state index < -0.39 is 0 Å². The zero-order valence-electron chi connectivity index (χ0n) is 18.6. The summed E-state index contributed by atoms with van der Waals surface area (Å²) in [6.07, 6.45) is 1.75. The summed E-state index contributed by atoms with van der Waals surface area (Å²) in [5.74, 6) is 0.520. The van der Waals surface area contributed by atoms with Crippen molar-refractivity contribution in [1.82, 2.24) is 10.2 Å².